The van der Waals surface area contributed by atoms with Crippen LogP contribution in [-0.2, 0) is 6.42 Å². The van der Waals surface area contributed by atoms with Gasteiger partial charge in [-0.3, -0.25) is 0 Å². The van der Waals surface area contributed by atoms with Crippen molar-refractivity contribution >= 4 is 5.69 Å². The van der Waals surface area contributed by atoms with Crippen molar-refractivity contribution in [2.75, 3.05) is 12.8 Å². The molecule has 1 rings (SSSR count). The van der Waals surface area contributed by atoms with Crippen LogP contribution in [0.4, 0.5) is 5.69 Å². The Morgan fingerprint density at radius 3 is 2.92 bits per heavy atom. The highest BCUT2D eigenvalue weighted by atomic mass is 16.5. The Hall–Kier alpha value is -1.69. The number of nitrogens with two attached hydrogens (primary N) is 1. The second-order valence-corrected chi connectivity index (χ2v) is 2.37. The molecular weight excluding hydrogens is 152 g/mol. The summed E-state index contributed by atoms with van der Waals surface area (Å²) in [5, 5.41) is 8.46. The van der Waals surface area contributed by atoms with Crippen LogP contribution >= 0.6 is 0 Å². The standard InChI is InChI=1S/C9H10N2O/c1-12-8-4-2-3-7(5-6-10)9(8)11/h2-4H,5,11H2,1H3. The van der Waals surface area contributed by atoms with Gasteiger partial charge in [0.2, 0.25) is 0 Å². The van der Waals surface area contributed by atoms with Gasteiger partial charge in [-0.1, -0.05) is 12.1 Å². The van der Waals surface area contributed by atoms with E-state index in [0.29, 0.717) is 17.9 Å². The Bertz CT molecular complexity index is 315. The predicted octanol–water partition coefficient (Wildman–Crippen LogP) is 1.34. The number of methoxy groups -OCH3 is 1. The summed E-state index contributed by atoms with van der Waals surface area (Å²) in [5.74, 6) is 0.628. The van der Waals surface area contributed by atoms with Gasteiger partial charge < -0.3 is 10.5 Å². The van der Waals surface area contributed by atoms with E-state index in [0.717, 1.165) is 5.56 Å². The van der Waals surface area contributed by atoms with Crippen LogP contribution in [-0.4, -0.2) is 7.11 Å². The number of nitrogens with zero attached hydrogens (tertiary/aromatic N) is 1. The predicted molar refractivity (Wildman–Crippen MR) is 46.7 cm³/mol. The summed E-state index contributed by atoms with van der Waals surface area (Å²) in [7, 11) is 1.56. The smallest absolute Gasteiger partial charge is 0.142 e. The first-order chi connectivity index (χ1) is 5.79. The van der Waals surface area contributed by atoms with Gasteiger partial charge in [-0.25, -0.2) is 0 Å². The van der Waals surface area contributed by atoms with Crippen LogP contribution in [0.15, 0.2) is 18.2 Å². The van der Waals surface area contributed by atoms with E-state index in [-0.39, 0.29) is 0 Å². The minimum atomic E-state index is 0.322. The molecule has 0 amide bonds. The fourth-order valence-electron chi connectivity index (χ4n) is 1.01. The number of para-hydroxylation sites is 1. The lowest BCUT2D eigenvalue weighted by molar-refractivity contribution is 0.416. The summed E-state index contributed by atoms with van der Waals surface area (Å²) in [6, 6.07) is 7.46. The van der Waals surface area contributed by atoms with Gasteiger partial charge in [-0.2, -0.15) is 5.26 Å². The Morgan fingerprint density at radius 1 is 1.58 bits per heavy atom. The fourth-order valence-corrected chi connectivity index (χ4v) is 1.01. The van der Waals surface area contributed by atoms with Crippen LogP contribution in [0.5, 0.6) is 5.75 Å². The maximum absolute atomic E-state index is 8.46. The zero-order valence-electron chi connectivity index (χ0n) is 6.87. The zero-order chi connectivity index (χ0) is 8.97. The molecule has 2 N–H and O–H groups in total. The Kier molecular flexibility index (Phi) is 2.54. The molecule has 0 spiro atoms. The molecule has 0 aliphatic rings. The van der Waals surface area contributed by atoms with E-state index in [4.69, 9.17) is 15.7 Å². The molecule has 1 aromatic rings. The van der Waals surface area contributed by atoms with Crippen LogP contribution in [0, 0.1) is 11.3 Å². The lowest BCUT2D eigenvalue weighted by Crippen LogP contribution is -1.96. The van der Waals surface area contributed by atoms with Gasteiger partial charge >= 0.3 is 0 Å². The average molecular weight is 162 g/mol. The number of nitrogen functional groups attached to an aromatic ring is 1. The van der Waals surface area contributed by atoms with E-state index < -0.39 is 0 Å². The van der Waals surface area contributed by atoms with E-state index in [1.54, 1.807) is 13.2 Å². The molecule has 0 radical (unpaired) electrons. The van der Waals surface area contributed by atoms with Crippen molar-refractivity contribution in [3.8, 4) is 11.8 Å². The third-order valence-corrected chi connectivity index (χ3v) is 1.65. The summed E-state index contributed by atoms with van der Waals surface area (Å²) in [4.78, 5) is 0. The van der Waals surface area contributed by atoms with E-state index in [1.807, 2.05) is 18.2 Å². The molecule has 0 atom stereocenters. The third-order valence-electron chi connectivity index (χ3n) is 1.65. The molecule has 62 valence electrons. The quantitative estimate of drug-likeness (QED) is 0.667. The Morgan fingerprint density at radius 2 is 2.33 bits per heavy atom. The number of hydrogen-bond donors (Lipinski definition) is 1. The molecule has 0 heterocycles. The SMILES string of the molecule is COc1cccc(CC#N)c1N. The van der Waals surface area contributed by atoms with Crippen LogP contribution in [0.3, 0.4) is 0 Å². The second kappa shape index (κ2) is 3.63. The summed E-state index contributed by atoms with van der Waals surface area (Å²) < 4.78 is 5.00. The number of anilines is 1. The largest absolute Gasteiger partial charge is 0.495 e. The summed E-state index contributed by atoms with van der Waals surface area (Å²) >= 11 is 0. The maximum atomic E-state index is 8.46. The van der Waals surface area contributed by atoms with Crippen LogP contribution in [0.25, 0.3) is 0 Å². The monoisotopic (exact) mass is 162 g/mol. The van der Waals surface area contributed by atoms with Gasteiger partial charge in [-0.05, 0) is 11.6 Å². The van der Waals surface area contributed by atoms with Crippen molar-refractivity contribution in [2.24, 2.45) is 0 Å². The van der Waals surface area contributed by atoms with Gasteiger partial charge in [0.1, 0.15) is 5.75 Å². The van der Waals surface area contributed by atoms with Crippen molar-refractivity contribution in [3.05, 3.63) is 23.8 Å². The van der Waals surface area contributed by atoms with Gasteiger partial charge in [0.05, 0.1) is 25.3 Å². The van der Waals surface area contributed by atoms with Crippen LogP contribution in [0.1, 0.15) is 5.56 Å². The first-order valence-electron chi connectivity index (χ1n) is 3.58. The van der Waals surface area contributed by atoms with Crippen molar-refractivity contribution in [2.45, 2.75) is 6.42 Å². The van der Waals surface area contributed by atoms with Crippen molar-refractivity contribution in [3.63, 3.8) is 0 Å². The molecule has 0 aromatic heterocycles. The number of ether oxygens (including phenoxy) is 1. The highest BCUT2D eigenvalue weighted by molar-refractivity contribution is 5.59. The molecule has 3 heteroatoms. The molecule has 0 aliphatic carbocycles. The number of benzene rings is 1. The highest BCUT2D eigenvalue weighted by Gasteiger charge is 2.03. The molecule has 0 saturated heterocycles. The first-order valence-corrected chi connectivity index (χ1v) is 3.58. The summed E-state index contributed by atoms with van der Waals surface area (Å²) in [5.41, 5.74) is 7.08. The molecule has 0 saturated carbocycles. The normalized spacial score (nSPS) is 9.00. The van der Waals surface area contributed by atoms with E-state index >= 15 is 0 Å². The van der Waals surface area contributed by atoms with Crippen molar-refractivity contribution in [1.82, 2.24) is 0 Å². The van der Waals surface area contributed by atoms with Gasteiger partial charge in [-0.15, -0.1) is 0 Å². The second-order valence-electron chi connectivity index (χ2n) is 2.37. The van der Waals surface area contributed by atoms with Crippen LogP contribution in [0.2, 0.25) is 0 Å². The van der Waals surface area contributed by atoms with Gasteiger partial charge in [0.25, 0.3) is 0 Å². The highest BCUT2D eigenvalue weighted by Crippen LogP contribution is 2.24. The van der Waals surface area contributed by atoms with E-state index in [1.165, 1.54) is 0 Å². The van der Waals surface area contributed by atoms with Crippen molar-refractivity contribution in [1.29, 1.82) is 5.26 Å². The fraction of sp³-hybridized carbons (Fsp3) is 0.222. The molecule has 0 bridgehead atoms. The van der Waals surface area contributed by atoms with Crippen LogP contribution < -0.4 is 10.5 Å². The third kappa shape index (κ3) is 1.48. The number of hydrogen-bond acceptors (Lipinski definition) is 3. The molecule has 0 aliphatic heterocycles. The summed E-state index contributed by atoms with van der Waals surface area (Å²) in [6.45, 7) is 0. The van der Waals surface area contributed by atoms with Crippen molar-refractivity contribution < 1.29 is 4.74 Å². The summed E-state index contributed by atoms with van der Waals surface area (Å²) in [6.07, 6.45) is 0.322. The van der Waals surface area contributed by atoms with E-state index in [2.05, 4.69) is 0 Å². The molecule has 0 fully saturated rings. The van der Waals surface area contributed by atoms with Gasteiger partial charge in [0, 0.05) is 0 Å². The number of rotatable bonds is 2. The first kappa shape index (κ1) is 8.41. The lowest BCUT2D eigenvalue weighted by atomic mass is 10.1. The Labute approximate surface area is 71.4 Å². The maximum Gasteiger partial charge on any atom is 0.142 e. The van der Waals surface area contributed by atoms with E-state index in [9.17, 15) is 0 Å². The molecule has 0 unspecified atom stereocenters. The molecule has 3 nitrogen and oxygen atoms in total. The minimum absolute atomic E-state index is 0.322. The van der Waals surface area contributed by atoms with Gasteiger partial charge in [0.15, 0.2) is 0 Å². The lowest BCUT2D eigenvalue weighted by Gasteiger charge is -2.06. The Balaban J connectivity index is 3.07. The molecule has 1 aromatic carbocycles. The topological polar surface area (TPSA) is 59.0 Å². The zero-order valence-corrected chi connectivity index (χ0v) is 6.87. The molecular formula is C9H10N2O. The minimum Gasteiger partial charge on any atom is -0.495 e. The number of nitriles is 1. The molecule has 12 heavy (non-hydrogen) atoms. The average Bonchev–Trinajstić information content (AvgIpc) is 2.09.